The molecule has 0 saturated carbocycles. The molecule has 0 heterocycles. The van der Waals surface area contributed by atoms with Gasteiger partial charge < -0.3 is 9.47 Å². The van der Waals surface area contributed by atoms with Gasteiger partial charge in [0.05, 0.1) is 25.4 Å². The number of methoxy groups -OCH3 is 2. The van der Waals surface area contributed by atoms with Crippen LogP contribution in [0.5, 0.6) is 5.75 Å². The number of carbonyl (C=O) groups excluding carboxylic acids is 1. The Labute approximate surface area is 140 Å². The fraction of sp³-hybridized carbons (Fsp3) is 0.562. The lowest BCUT2D eigenvalue weighted by atomic mass is 10.0. The lowest BCUT2D eigenvalue weighted by Crippen LogP contribution is -2.20. The third kappa shape index (κ3) is 7.36. The quantitative estimate of drug-likeness (QED) is 0.369. The van der Waals surface area contributed by atoms with Crippen LogP contribution in [-0.2, 0) is 15.3 Å². The van der Waals surface area contributed by atoms with Gasteiger partial charge in [-0.25, -0.2) is 0 Å². The van der Waals surface area contributed by atoms with Crippen molar-refractivity contribution in [2.45, 2.75) is 30.8 Å². The van der Waals surface area contributed by atoms with Gasteiger partial charge in [-0.05, 0) is 30.5 Å². The van der Waals surface area contributed by atoms with E-state index in [4.69, 9.17) is 4.74 Å². The molecule has 7 heteroatoms. The van der Waals surface area contributed by atoms with Gasteiger partial charge in [0.1, 0.15) is 5.75 Å². The molecule has 0 bridgehead atoms. The van der Waals surface area contributed by atoms with Crippen LogP contribution < -0.4 is 4.74 Å². The molecule has 0 aliphatic carbocycles. The molecule has 2 atom stereocenters. The highest BCUT2D eigenvalue weighted by atomic mass is 32.2. The van der Waals surface area contributed by atoms with E-state index in [-0.39, 0.29) is 28.6 Å². The first kappa shape index (κ1) is 19.3. The lowest BCUT2D eigenvalue weighted by Gasteiger charge is -2.15. The van der Waals surface area contributed by atoms with Crippen molar-refractivity contribution >= 4 is 17.7 Å². The summed E-state index contributed by atoms with van der Waals surface area (Å²) in [6.07, 6.45) is 1.19. The fourth-order valence-electron chi connectivity index (χ4n) is 2.08. The summed E-state index contributed by atoms with van der Waals surface area (Å²) >= 11 is 1.54. The van der Waals surface area contributed by atoms with Gasteiger partial charge in [-0.3, -0.25) is 14.9 Å². The molecule has 6 nitrogen and oxygen atoms in total. The van der Waals surface area contributed by atoms with Crippen LogP contribution >= 0.6 is 11.8 Å². The van der Waals surface area contributed by atoms with E-state index >= 15 is 0 Å². The van der Waals surface area contributed by atoms with Crippen molar-refractivity contribution in [3.63, 3.8) is 0 Å². The Bertz CT molecular complexity index is 506. The summed E-state index contributed by atoms with van der Waals surface area (Å²) in [4.78, 5) is 21.9. The van der Waals surface area contributed by atoms with Crippen molar-refractivity contribution in [3.8, 4) is 5.75 Å². The monoisotopic (exact) mass is 341 g/mol. The van der Waals surface area contributed by atoms with Crippen LogP contribution in [0.2, 0.25) is 0 Å². The summed E-state index contributed by atoms with van der Waals surface area (Å²) in [7, 11) is 2.96. The smallest absolute Gasteiger partial charge is 0.308 e. The van der Waals surface area contributed by atoms with Gasteiger partial charge in [-0.2, -0.15) is 0 Å². The normalized spacial score (nSPS) is 13.2. The van der Waals surface area contributed by atoms with Gasteiger partial charge in [0.25, 0.3) is 0 Å². The van der Waals surface area contributed by atoms with E-state index in [1.807, 2.05) is 24.3 Å². The number of nitrogens with zero attached hydrogens (tertiary/aromatic N) is 1. The van der Waals surface area contributed by atoms with E-state index in [9.17, 15) is 14.9 Å². The summed E-state index contributed by atoms with van der Waals surface area (Å²) < 4.78 is 9.79. The molecular weight excluding hydrogens is 318 g/mol. The maximum Gasteiger partial charge on any atom is 0.308 e. The van der Waals surface area contributed by atoms with Crippen molar-refractivity contribution < 1.29 is 19.2 Å². The van der Waals surface area contributed by atoms with E-state index in [1.165, 1.54) is 7.11 Å². The zero-order valence-electron chi connectivity index (χ0n) is 13.7. The average molecular weight is 341 g/mol. The van der Waals surface area contributed by atoms with E-state index in [1.54, 1.807) is 25.8 Å². The minimum Gasteiger partial charge on any atom is -0.497 e. The van der Waals surface area contributed by atoms with Crippen molar-refractivity contribution in [1.29, 1.82) is 0 Å². The van der Waals surface area contributed by atoms with Gasteiger partial charge in [-0.15, -0.1) is 11.8 Å². The minimum atomic E-state index is -0.297. The van der Waals surface area contributed by atoms with Gasteiger partial charge in [0, 0.05) is 10.7 Å². The second-order valence-corrected chi connectivity index (χ2v) is 6.59. The van der Waals surface area contributed by atoms with Crippen LogP contribution in [0.4, 0.5) is 0 Å². The van der Waals surface area contributed by atoms with Crippen molar-refractivity contribution in [1.82, 2.24) is 0 Å². The van der Waals surface area contributed by atoms with Crippen LogP contribution in [0.15, 0.2) is 24.3 Å². The molecule has 0 radical (unpaired) electrons. The van der Waals surface area contributed by atoms with Gasteiger partial charge in [0.15, 0.2) is 0 Å². The molecule has 128 valence electrons. The molecule has 1 rings (SSSR count). The molecule has 0 N–H and O–H groups in total. The molecule has 1 aromatic carbocycles. The number of ether oxygens (including phenoxy) is 2. The predicted molar refractivity (Wildman–Crippen MR) is 90.4 cm³/mol. The molecule has 0 aliphatic rings. The number of rotatable bonds is 10. The molecule has 0 spiro atoms. The maximum absolute atomic E-state index is 11.4. The highest BCUT2D eigenvalue weighted by molar-refractivity contribution is 7.99. The number of carbonyl (C=O) groups is 1. The lowest BCUT2D eigenvalue weighted by molar-refractivity contribution is -0.479. The highest BCUT2D eigenvalue weighted by Gasteiger charge is 2.20. The fourth-order valence-corrected chi connectivity index (χ4v) is 3.23. The summed E-state index contributed by atoms with van der Waals surface area (Å²) in [5.74, 6) is 0.961. The number of hydrogen-bond acceptors (Lipinski definition) is 6. The topological polar surface area (TPSA) is 78.7 Å². The number of benzene rings is 1. The van der Waals surface area contributed by atoms with Crippen LogP contribution in [0.1, 0.15) is 25.3 Å². The average Bonchev–Trinajstić information content (AvgIpc) is 2.56. The first-order valence-corrected chi connectivity index (χ1v) is 8.45. The third-order valence-corrected chi connectivity index (χ3v) is 4.88. The SMILES string of the molecule is COC(=O)[C@@H](C)CCC(C[N+](=O)[O-])SCc1ccc(OC)cc1. The molecule has 1 aromatic rings. The van der Waals surface area contributed by atoms with Gasteiger partial charge >= 0.3 is 5.97 Å². The number of esters is 1. The number of thioether (sulfide) groups is 1. The van der Waals surface area contributed by atoms with Crippen molar-refractivity contribution in [2.75, 3.05) is 20.8 Å². The summed E-state index contributed by atoms with van der Waals surface area (Å²) in [6, 6.07) is 7.65. The third-order valence-electron chi connectivity index (χ3n) is 3.52. The first-order valence-electron chi connectivity index (χ1n) is 7.40. The Morgan fingerprint density at radius 1 is 1.26 bits per heavy atom. The van der Waals surface area contributed by atoms with E-state index in [0.29, 0.717) is 18.6 Å². The van der Waals surface area contributed by atoms with Gasteiger partial charge in [0.2, 0.25) is 6.54 Å². The zero-order valence-corrected chi connectivity index (χ0v) is 14.5. The molecular formula is C16H23NO5S. The summed E-state index contributed by atoms with van der Waals surface area (Å²) in [5.41, 5.74) is 1.09. The molecule has 0 fully saturated rings. The Hall–Kier alpha value is -1.76. The number of nitro groups is 1. The standard InChI is InChI=1S/C16H23NO5S/c1-12(16(18)22-3)4-9-15(10-17(19)20)23-11-13-5-7-14(21-2)8-6-13/h5-8,12,15H,4,9-11H2,1-3H3/t12-,15?/m0/s1. The highest BCUT2D eigenvalue weighted by Crippen LogP contribution is 2.25. The van der Waals surface area contributed by atoms with Crippen LogP contribution in [-0.4, -0.2) is 36.9 Å². The molecule has 0 saturated heterocycles. The molecule has 1 unspecified atom stereocenters. The Balaban J connectivity index is 2.52. The second kappa shape index (κ2) is 10.1. The van der Waals surface area contributed by atoms with E-state index in [0.717, 1.165) is 11.3 Å². The second-order valence-electron chi connectivity index (χ2n) is 5.30. The predicted octanol–water partition coefficient (Wildman–Crippen LogP) is 3.16. The van der Waals surface area contributed by atoms with E-state index < -0.39 is 0 Å². The molecule has 23 heavy (non-hydrogen) atoms. The van der Waals surface area contributed by atoms with Crippen molar-refractivity contribution in [2.24, 2.45) is 5.92 Å². The minimum absolute atomic E-state index is 0.102. The Morgan fingerprint density at radius 3 is 2.43 bits per heavy atom. The maximum atomic E-state index is 11.4. The summed E-state index contributed by atoms with van der Waals surface area (Å²) in [5, 5.41) is 10.7. The Kier molecular flexibility index (Phi) is 8.47. The first-order chi connectivity index (χ1) is 11.0. The van der Waals surface area contributed by atoms with Crippen LogP contribution in [0, 0.1) is 16.0 Å². The largest absolute Gasteiger partial charge is 0.497 e. The molecule has 0 aromatic heterocycles. The van der Waals surface area contributed by atoms with Crippen molar-refractivity contribution in [3.05, 3.63) is 39.9 Å². The number of hydrogen-bond donors (Lipinski definition) is 0. The Morgan fingerprint density at radius 2 is 1.91 bits per heavy atom. The summed E-state index contributed by atoms with van der Waals surface area (Å²) in [6.45, 7) is 1.68. The molecule has 0 amide bonds. The van der Waals surface area contributed by atoms with Crippen LogP contribution in [0.25, 0.3) is 0 Å². The zero-order chi connectivity index (χ0) is 17.2. The van der Waals surface area contributed by atoms with Crippen LogP contribution in [0.3, 0.4) is 0 Å². The molecule has 0 aliphatic heterocycles. The van der Waals surface area contributed by atoms with Gasteiger partial charge in [-0.1, -0.05) is 19.1 Å². The van der Waals surface area contributed by atoms with E-state index in [2.05, 4.69) is 4.74 Å².